The van der Waals surface area contributed by atoms with Crippen LogP contribution in [0.5, 0.6) is 0 Å². The highest BCUT2D eigenvalue weighted by Crippen LogP contribution is 2.34. The second-order valence-electron chi connectivity index (χ2n) is 7.07. The summed E-state index contributed by atoms with van der Waals surface area (Å²) in [5.74, 6) is 1.26. The molecular formula is C22H18N4O3. The Morgan fingerprint density at radius 2 is 1.69 bits per heavy atom. The van der Waals surface area contributed by atoms with Crippen LogP contribution in [-0.4, -0.2) is 27.3 Å². The normalized spacial score (nSPS) is 13.4. The van der Waals surface area contributed by atoms with Gasteiger partial charge in [-0.15, -0.1) is 10.2 Å². The van der Waals surface area contributed by atoms with Gasteiger partial charge in [-0.2, -0.15) is 0 Å². The molecule has 5 rings (SSSR count). The van der Waals surface area contributed by atoms with Crippen LogP contribution < -0.4 is 5.32 Å². The van der Waals surface area contributed by atoms with E-state index in [1.165, 1.54) is 0 Å². The summed E-state index contributed by atoms with van der Waals surface area (Å²) in [6, 6.07) is 17.2. The number of benzene rings is 2. The number of aromatic nitrogens is 3. The van der Waals surface area contributed by atoms with E-state index in [0.717, 1.165) is 24.0 Å². The molecule has 0 unspecified atom stereocenters. The summed E-state index contributed by atoms with van der Waals surface area (Å²) in [5.41, 5.74) is 3.59. The molecule has 0 spiro atoms. The van der Waals surface area contributed by atoms with Crippen molar-refractivity contribution >= 4 is 5.91 Å². The van der Waals surface area contributed by atoms with Crippen molar-refractivity contribution in [1.82, 2.24) is 20.7 Å². The van der Waals surface area contributed by atoms with Gasteiger partial charge in [-0.1, -0.05) is 35.5 Å². The van der Waals surface area contributed by atoms with Crippen molar-refractivity contribution < 1.29 is 13.7 Å². The van der Waals surface area contributed by atoms with E-state index in [1.807, 2.05) is 37.3 Å². The Bertz CT molecular complexity index is 1160. The molecule has 7 nitrogen and oxygen atoms in total. The number of hydrogen-bond acceptors (Lipinski definition) is 6. The van der Waals surface area contributed by atoms with Crippen LogP contribution in [-0.2, 0) is 0 Å². The van der Waals surface area contributed by atoms with E-state index in [0.29, 0.717) is 40.4 Å². The van der Waals surface area contributed by atoms with Crippen LogP contribution in [0.4, 0.5) is 0 Å². The Balaban J connectivity index is 1.43. The van der Waals surface area contributed by atoms with Crippen molar-refractivity contribution in [2.75, 3.05) is 0 Å². The average Bonchev–Trinajstić information content (AvgIpc) is 3.29. The van der Waals surface area contributed by atoms with Crippen molar-refractivity contribution in [2.45, 2.75) is 25.8 Å². The van der Waals surface area contributed by atoms with Crippen molar-refractivity contribution in [2.24, 2.45) is 0 Å². The largest absolute Gasteiger partial charge is 0.416 e. The summed E-state index contributed by atoms with van der Waals surface area (Å²) in [4.78, 5) is 12.1. The second-order valence-corrected chi connectivity index (χ2v) is 7.07. The van der Waals surface area contributed by atoms with E-state index >= 15 is 0 Å². The molecule has 0 saturated heterocycles. The van der Waals surface area contributed by atoms with E-state index < -0.39 is 0 Å². The van der Waals surface area contributed by atoms with Gasteiger partial charge in [0.1, 0.15) is 17.0 Å². The minimum Gasteiger partial charge on any atom is -0.416 e. The number of amides is 1. The highest BCUT2D eigenvalue weighted by atomic mass is 16.5. The number of carbonyl (C=O) groups is 1. The van der Waals surface area contributed by atoms with E-state index in [9.17, 15) is 4.79 Å². The van der Waals surface area contributed by atoms with Gasteiger partial charge in [0.05, 0.1) is 0 Å². The fourth-order valence-corrected chi connectivity index (χ4v) is 3.12. The highest BCUT2D eigenvalue weighted by molar-refractivity contribution is 5.95. The zero-order chi connectivity index (χ0) is 19.8. The number of carbonyl (C=O) groups excluding carboxylic acids is 1. The van der Waals surface area contributed by atoms with Crippen LogP contribution in [0.3, 0.4) is 0 Å². The van der Waals surface area contributed by atoms with Gasteiger partial charge in [0, 0.05) is 22.7 Å². The summed E-state index contributed by atoms with van der Waals surface area (Å²) < 4.78 is 11.3. The van der Waals surface area contributed by atoms with Gasteiger partial charge in [0.15, 0.2) is 0 Å². The van der Waals surface area contributed by atoms with Gasteiger partial charge in [-0.3, -0.25) is 4.79 Å². The fraction of sp³-hybridized carbons (Fsp3) is 0.182. The lowest BCUT2D eigenvalue weighted by molar-refractivity contribution is 0.0951. The van der Waals surface area contributed by atoms with Crippen LogP contribution in [0, 0.1) is 6.92 Å². The van der Waals surface area contributed by atoms with Crippen LogP contribution in [0.1, 0.15) is 29.0 Å². The van der Waals surface area contributed by atoms with Crippen molar-refractivity contribution in [3.63, 3.8) is 0 Å². The lowest BCUT2D eigenvalue weighted by atomic mass is 10.1. The number of nitrogens with one attached hydrogen (secondary N) is 1. The topological polar surface area (TPSA) is 94.0 Å². The molecule has 0 radical (unpaired) electrons. The molecule has 0 aliphatic heterocycles. The number of aryl methyl sites for hydroxylation is 1. The van der Waals surface area contributed by atoms with Gasteiger partial charge in [0.2, 0.25) is 5.89 Å². The van der Waals surface area contributed by atoms with Crippen LogP contribution >= 0.6 is 0 Å². The summed E-state index contributed by atoms with van der Waals surface area (Å²) in [6.45, 7) is 1.81. The molecule has 1 saturated carbocycles. The third-order valence-electron chi connectivity index (χ3n) is 4.86. The Hall–Kier alpha value is -3.74. The van der Waals surface area contributed by atoms with Gasteiger partial charge >= 0.3 is 0 Å². The minimum atomic E-state index is -0.0575. The molecule has 0 bridgehead atoms. The van der Waals surface area contributed by atoms with Crippen molar-refractivity contribution in [3.8, 4) is 34.2 Å². The first-order chi connectivity index (χ1) is 14.2. The number of nitrogens with zero attached hydrogens (tertiary/aromatic N) is 3. The molecular weight excluding hydrogens is 368 g/mol. The zero-order valence-electron chi connectivity index (χ0n) is 15.8. The summed E-state index contributed by atoms with van der Waals surface area (Å²) >= 11 is 0. The first-order valence-electron chi connectivity index (χ1n) is 9.46. The maximum Gasteiger partial charge on any atom is 0.254 e. The first-order valence-corrected chi connectivity index (χ1v) is 9.46. The maximum absolute atomic E-state index is 12.1. The number of hydrogen-bond donors (Lipinski definition) is 1. The fourth-order valence-electron chi connectivity index (χ4n) is 3.12. The predicted octanol–water partition coefficient (Wildman–Crippen LogP) is 4.26. The molecule has 2 heterocycles. The van der Waals surface area contributed by atoms with Gasteiger partial charge in [-0.05, 0) is 44.0 Å². The van der Waals surface area contributed by atoms with Crippen LogP contribution in [0.2, 0.25) is 0 Å². The molecule has 2 aromatic carbocycles. The summed E-state index contributed by atoms with van der Waals surface area (Å²) in [6.07, 6.45) is 2.11. The molecule has 1 N–H and O–H groups in total. The molecule has 2 aromatic heterocycles. The predicted molar refractivity (Wildman–Crippen MR) is 106 cm³/mol. The highest BCUT2D eigenvalue weighted by Gasteiger charge is 2.24. The lowest BCUT2D eigenvalue weighted by Gasteiger charge is -2.03. The van der Waals surface area contributed by atoms with Crippen LogP contribution in [0.15, 0.2) is 63.5 Å². The van der Waals surface area contributed by atoms with E-state index in [2.05, 4.69) is 20.7 Å². The average molecular weight is 386 g/mol. The minimum absolute atomic E-state index is 0.0575. The second kappa shape index (κ2) is 7.01. The van der Waals surface area contributed by atoms with Crippen molar-refractivity contribution in [1.29, 1.82) is 0 Å². The molecule has 7 heteroatoms. The Morgan fingerprint density at radius 3 is 2.41 bits per heavy atom. The Labute approximate surface area is 166 Å². The van der Waals surface area contributed by atoms with Gasteiger partial charge in [0.25, 0.3) is 11.8 Å². The molecule has 1 amide bonds. The molecule has 29 heavy (non-hydrogen) atoms. The molecule has 1 aliphatic rings. The molecule has 144 valence electrons. The van der Waals surface area contributed by atoms with E-state index in [-0.39, 0.29) is 5.91 Å². The van der Waals surface area contributed by atoms with Crippen LogP contribution in [0.25, 0.3) is 34.2 Å². The summed E-state index contributed by atoms with van der Waals surface area (Å²) in [5, 5.41) is 15.5. The SMILES string of the molecule is Cc1onc(-c2ccccc2)c1-c1nnc(-c2ccc(C(=O)NC3CC3)cc2)o1. The Morgan fingerprint density at radius 1 is 0.966 bits per heavy atom. The number of rotatable bonds is 5. The Kier molecular flexibility index (Phi) is 4.20. The van der Waals surface area contributed by atoms with Crippen molar-refractivity contribution in [3.05, 3.63) is 65.9 Å². The molecule has 4 aromatic rings. The molecule has 1 aliphatic carbocycles. The molecule has 1 fully saturated rings. The smallest absolute Gasteiger partial charge is 0.254 e. The first kappa shape index (κ1) is 17.4. The van der Waals surface area contributed by atoms with Gasteiger partial charge in [-0.25, -0.2) is 0 Å². The summed E-state index contributed by atoms with van der Waals surface area (Å²) in [7, 11) is 0. The maximum atomic E-state index is 12.1. The van der Waals surface area contributed by atoms with E-state index in [1.54, 1.807) is 24.3 Å². The molecule has 0 atom stereocenters. The van der Waals surface area contributed by atoms with Gasteiger partial charge < -0.3 is 14.3 Å². The lowest BCUT2D eigenvalue weighted by Crippen LogP contribution is -2.25. The standard InChI is InChI=1S/C22H18N4O3/c1-13-18(19(26-29-13)14-5-3-2-4-6-14)22-25-24-21(28-22)16-9-7-15(8-10-16)20(27)23-17-11-12-17/h2-10,17H,11-12H2,1H3,(H,23,27). The zero-order valence-corrected chi connectivity index (χ0v) is 15.8. The quantitative estimate of drug-likeness (QED) is 0.551. The third kappa shape index (κ3) is 3.42. The monoisotopic (exact) mass is 386 g/mol. The third-order valence-corrected chi connectivity index (χ3v) is 4.86. The van der Waals surface area contributed by atoms with E-state index in [4.69, 9.17) is 8.94 Å².